The molecule has 0 aliphatic carbocycles. The van der Waals surface area contributed by atoms with Gasteiger partial charge in [0.05, 0.1) is 0 Å². The quantitative estimate of drug-likeness (QED) is 0.790. The van der Waals surface area contributed by atoms with Crippen LogP contribution in [0, 0.1) is 5.41 Å². The van der Waals surface area contributed by atoms with E-state index >= 15 is 0 Å². The summed E-state index contributed by atoms with van der Waals surface area (Å²) in [7, 11) is 0. The molecule has 2 rings (SSSR count). The van der Waals surface area contributed by atoms with Crippen LogP contribution in [0.25, 0.3) is 0 Å². The average molecular weight is 350 g/mol. The fraction of sp³-hybridized carbons (Fsp3) is 0.500. The van der Waals surface area contributed by atoms with E-state index in [0.29, 0.717) is 26.7 Å². The maximum absolute atomic E-state index is 11.0. The average Bonchev–Trinajstić information content (AvgIpc) is 2.61. The molecule has 1 aliphatic rings. The summed E-state index contributed by atoms with van der Waals surface area (Å²) in [6, 6.07) is 5.38. The van der Waals surface area contributed by atoms with Crippen LogP contribution in [0.1, 0.15) is 26.3 Å². The number of hydrogen-bond acceptors (Lipinski definition) is 3. The van der Waals surface area contributed by atoms with E-state index in [2.05, 4.69) is 0 Å². The van der Waals surface area contributed by atoms with E-state index in [1.54, 1.807) is 12.1 Å². The smallest absolute Gasteiger partial charge is 0.153 e. The van der Waals surface area contributed by atoms with E-state index < -0.39 is 5.72 Å². The van der Waals surface area contributed by atoms with Gasteiger partial charge in [0.2, 0.25) is 0 Å². The minimum Gasteiger partial charge on any atom is -0.369 e. The van der Waals surface area contributed by atoms with Crippen LogP contribution in [0.2, 0.25) is 10.0 Å². The van der Waals surface area contributed by atoms with Crippen LogP contribution in [0.4, 0.5) is 0 Å². The molecule has 0 aromatic heterocycles. The van der Waals surface area contributed by atoms with Crippen LogP contribution in [0.3, 0.4) is 0 Å². The lowest BCUT2D eigenvalue weighted by Gasteiger charge is -2.44. The number of benzene rings is 1. The van der Waals surface area contributed by atoms with Crippen molar-refractivity contribution in [1.82, 2.24) is 4.90 Å². The first-order valence-electron chi connectivity index (χ1n) is 6.26. The first-order valence-corrected chi connectivity index (χ1v) is 8.41. The van der Waals surface area contributed by atoms with Gasteiger partial charge in [-0.15, -0.1) is 0 Å². The van der Waals surface area contributed by atoms with Crippen LogP contribution >= 0.6 is 47.2 Å². The molecule has 0 amide bonds. The molecular formula is C14H17Cl2NOS2. The Labute approximate surface area is 139 Å². The monoisotopic (exact) mass is 349 g/mol. The zero-order valence-corrected chi connectivity index (χ0v) is 14.8. The molecule has 1 aromatic rings. The predicted octanol–water partition coefficient (Wildman–Crippen LogP) is 4.56. The molecule has 0 radical (unpaired) electrons. The Kier molecular flexibility index (Phi) is 4.63. The van der Waals surface area contributed by atoms with Crippen molar-refractivity contribution in [2.24, 2.45) is 5.41 Å². The van der Waals surface area contributed by atoms with Gasteiger partial charge in [-0.05, 0) is 17.7 Å². The van der Waals surface area contributed by atoms with Crippen LogP contribution in [0.15, 0.2) is 18.2 Å². The lowest BCUT2D eigenvalue weighted by molar-refractivity contribution is -0.126. The van der Waals surface area contributed by atoms with Crippen LogP contribution in [0.5, 0.6) is 0 Å². The van der Waals surface area contributed by atoms with E-state index in [1.807, 2.05) is 31.7 Å². The van der Waals surface area contributed by atoms with Crippen molar-refractivity contribution in [3.8, 4) is 0 Å². The Balaban J connectivity index is 2.32. The normalized spacial score (nSPS) is 23.5. The first kappa shape index (κ1) is 16.4. The number of rotatable bonds is 2. The number of thioether (sulfide) groups is 1. The van der Waals surface area contributed by atoms with E-state index in [1.165, 1.54) is 11.8 Å². The fourth-order valence-electron chi connectivity index (χ4n) is 2.11. The van der Waals surface area contributed by atoms with E-state index in [4.69, 9.17) is 35.4 Å². The molecule has 1 unspecified atom stereocenters. The van der Waals surface area contributed by atoms with Crippen LogP contribution < -0.4 is 0 Å². The summed E-state index contributed by atoms with van der Waals surface area (Å²) in [5, 5.41) is 12.2. The third-order valence-electron chi connectivity index (χ3n) is 3.61. The summed E-state index contributed by atoms with van der Waals surface area (Å²) in [5.41, 5.74) is -0.374. The molecule has 2 nitrogen and oxygen atoms in total. The Morgan fingerprint density at radius 1 is 1.40 bits per heavy atom. The Bertz CT molecular complexity index is 544. The van der Waals surface area contributed by atoms with E-state index in [-0.39, 0.29) is 5.41 Å². The highest BCUT2D eigenvalue weighted by Gasteiger charge is 2.50. The molecule has 1 aromatic carbocycles. The maximum Gasteiger partial charge on any atom is 0.153 e. The fourth-order valence-corrected chi connectivity index (χ4v) is 4.25. The van der Waals surface area contributed by atoms with Crippen molar-refractivity contribution in [2.45, 2.75) is 33.0 Å². The molecule has 0 spiro atoms. The van der Waals surface area contributed by atoms with Crippen LogP contribution in [-0.4, -0.2) is 25.8 Å². The minimum absolute atomic E-state index is 0.306. The molecule has 1 atom stereocenters. The molecule has 1 saturated heterocycles. The lowest BCUT2D eigenvalue weighted by Crippen LogP contribution is -2.55. The number of hydrogen-bond donors (Lipinski definition) is 1. The Morgan fingerprint density at radius 2 is 2.05 bits per heavy atom. The second-order valence-corrected chi connectivity index (χ2v) is 8.40. The zero-order valence-electron chi connectivity index (χ0n) is 11.6. The summed E-state index contributed by atoms with van der Waals surface area (Å²) in [4.78, 5) is 1.86. The third kappa shape index (κ3) is 2.95. The summed E-state index contributed by atoms with van der Waals surface area (Å²) >= 11 is 19.0. The molecule has 0 bridgehead atoms. The van der Waals surface area contributed by atoms with Crippen molar-refractivity contribution in [1.29, 1.82) is 0 Å². The van der Waals surface area contributed by atoms with Gasteiger partial charge < -0.3 is 10.0 Å². The van der Waals surface area contributed by atoms with Gasteiger partial charge in [0.1, 0.15) is 4.32 Å². The van der Waals surface area contributed by atoms with Crippen LogP contribution in [-0.2, 0) is 6.54 Å². The molecule has 1 N–H and O–H groups in total. The van der Waals surface area contributed by atoms with Gasteiger partial charge in [-0.2, -0.15) is 0 Å². The highest BCUT2D eigenvalue weighted by atomic mass is 35.5. The second kappa shape index (κ2) is 5.65. The summed E-state index contributed by atoms with van der Waals surface area (Å²) in [6.07, 6.45) is 0. The van der Waals surface area contributed by atoms with Crippen molar-refractivity contribution in [3.05, 3.63) is 33.8 Å². The number of nitrogens with zero attached hydrogens (tertiary/aromatic N) is 1. The molecule has 20 heavy (non-hydrogen) atoms. The van der Waals surface area contributed by atoms with Gasteiger partial charge in [-0.25, -0.2) is 0 Å². The zero-order chi connectivity index (χ0) is 15.1. The van der Waals surface area contributed by atoms with Crippen molar-refractivity contribution < 1.29 is 5.11 Å². The van der Waals surface area contributed by atoms with Crippen molar-refractivity contribution >= 4 is 51.5 Å². The summed E-state index contributed by atoms with van der Waals surface area (Å²) < 4.78 is 0.702. The van der Waals surface area contributed by atoms with Gasteiger partial charge in [0.25, 0.3) is 0 Å². The predicted molar refractivity (Wildman–Crippen MR) is 91.5 cm³/mol. The van der Waals surface area contributed by atoms with Gasteiger partial charge in [0.15, 0.2) is 5.72 Å². The molecule has 6 heteroatoms. The number of thiocarbonyl (C=S) groups is 1. The van der Waals surface area contributed by atoms with Crippen molar-refractivity contribution in [3.63, 3.8) is 0 Å². The molecule has 0 saturated carbocycles. The topological polar surface area (TPSA) is 23.5 Å². The first-order chi connectivity index (χ1) is 9.15. The molecule has 1 heterocycles. The Morgan fingerprint density at radius 3 is 2.60 bits per heavy atom. The number of halogens is 2. The highest BCUT2D eigenvalue weighted by molar-refractivity contribution is 8.23. The number of aliphatic hydroxyl groups is 1. The molecule has 110 valence electrons. The second-order valence-electron chi connectivity index (χ2n) is 5.94. The van der Waals surface area contributed by atoms with Gasteiger partial charge in [-0.3, -0.25) is 0 Å². The Hall–Kier alpha value is -0.0000000000000000555. The largest absolute Gasteiger partial charge is 0.369 e. The van der Waals surface area contributed by atoms with Gasteiger partial charge in [-0.1, -0.05) is 74.0 Å². The SMILES string of the molecule is CC(C)(C)C1(O)CSC(=S)N1Cc1ccc(Cl)cc1Cl. The van der Waals surface area contributed by atoms with Gasteiger partial charge >= 0.3 is 0 Å². The third-order valence-corrected chi connectivity index (χ3v) is 5.78. The molecular weight excluding hydrogens is 333 g/mol. The molecule has 1 fully saturated rings. The summed E-state index contributed by atoms with van der Waals surface area (Å²) in [6.45, 7) is 6.52. The lowest BCUT2D eigenvalue weighted by atomic mass is 9.83. The van der Waals surface area contributed by atoms with Crippen molar-refractivity contribution in [2.75, 3.05) is 5.75 Å². The van der Waals surface area contributed by atoms with E-state index in [9.17, 15) is 5.11 Å². The highest BCUT2D eigenvalue weighted by Crippen LogP contribution is 2.44. The van der Waals surface area contributed by atoms with E-state index in [0.717, 1.165) is 5.56 Å². The van der Waals surface area contributed by atoms with Gasteiger partial charge in [0, 0.05) is 27.8 Å². The maximum atomic E-state index is 11.0. The minimum atomic E-state index is -0.974. The standard InChI is InChI=1S/C14H17Cl2NOS2/c1-13(2,3)14(18)8-20-12(19)17(14)7-9-4-5-10(15)6-11(9)16/h4-6,18H,7-8H2,1-3H3. The molecule has 1 aliphatic heterocycles. The summed E-state index contributed by atoms with van der Waals surface area (Å²) in [5.74, 6) is 0.570.